The molecule has 0 radical (unpaired) electrons. The summed E-state index contributed by atoms with van der Waals surface area (Å²) in [5.41, 5.74) is 1.89. The van der Waals surface area contributed by atoms with Crippen molar-refractivity contribution in [1.82, 2.24) is 5.32 Å². The molecule has 1 fully saturated rings. The lowest BCUT2D eigenvalue weighted by Crippen LogP contribution is -2.34. The Labute approximate surface area is 178 Å². The monoisotopic (exact) mass is 409 g/mol. The summed E-state index contributed by atoms with van der Waals surface area (Å²) < 4.78 is 5.92. The molecule has 30 heavy (non-hydrogen) atoms. The highest BCUT2D eigenvalue weighted by Crippen LogP contribution is 2.26. The quantitative estimate of drug-likeness (QED) is 0.652. The second kappa shape index (κ2) is 10.8. The summed E-state index contributed by atoms with van der Waals surface area (Å²) >= 11 is 0. The number of ether oxygens (including phenoxy) is 1. The number of urea groups is 1. The molecule has 1 saturated carbocycles. The molecule has 3 amide bonds. The van der Waals surface area contributed by atoms with Crippen LogP contribution in [0.1, 0.15) is 43.0 Å². The fourth-order valence-electron chi connectivity index (χ4n) is 3.77. The van der Waals surface area contributed by atoms with Crippen molar-refractivity contribution >= 4 is 23.3 Å². The van der Waals surface area contributed by atoms with Gasteiger partial charge in [0.2, 0.25) is 0 Å². The maximum Gasteiger partial charge on any atom is 0.319 e. The van der Waals surface area contributed by atoms with Crippen molar-refractivity contribution in [2.45, 2.75) is 38.7 Å². The van der Waals surface area contributed by atoms with Crippen LogP contribution in [0, 0.1) is 5.92 Å². The third-order valence-electron chi connectivity index (χ3n) is 5.57. The molecule has 0 bridgehead atoms. The van der Waals surface area contributed by atoms with Crippen molar-refractivity contribution in [2.75, 3.05) is 30.4 Å². The van der Waals surface area contributed by atoms with Crippen LogP contribution in [0.2, 0.25) is 0 Å². The van der Waals surface area contributed by atoms with Crippen LogP contribution in [-0.2, 0) is 4.74 Å². The van der Waals surface area contributed by atoms with Crippen LogP contribution in [0.5, 0.6) is 0 Å². The third kappa shape index (κ3) is 6.07. The molecule has 0 heterocycles. The van der Waals surface area contributed by atoms with E-state index in [9.17, 15) is 9.59 Å². The van der Waals surface area contributed by atoms with Crippen LogP contribution in [0.4, 0.5) is 16.2 Å². The first-order valence-electron chi connectivity index (χ1n) is 10.6. The molecule has 3 rings (SSSR count). The number of carbonyl (C=O) groups excluding carboxylic acids is 2. The number of anilines is 2. The van der Waals surface area contributed by atoms with E-state index >= 15 is 0 Å². The maximum atomic E-state index is 12.8. The first kappa shape index (κ1) is 21.8. The highest BCUT2D eigenvalue weighted by molar-refractivity contribution is 6.06. The van der Waals surface area contributed by atoms with Crippen LogP contribution in [-0.4, -0.2) is 38.2 Å². The molecule has 0 saturated heterocycles. The van der Waals surface area contributed by atoms with E-state index in [0.717, 1.165) is 12.1 Å². The van der Waals surface area contributed by atoms with E-state index in [0.29, 0.717) is 36.4 Å². The number of nitrogens with one attached hydrogen (secondary N) is 2. The van der Waals surface area contributed by atoms with Gasteiger partial charge in [0.25, 0.3) is 5.91 Å². The summed E-state index contributed by atoms with van der Waals surface area (Å²) in [6, 6.07) is 16.1. The summed E-state index contributed by atoms with van der Waals surface area (Å²) in [6.45, 7) is 3.18. The average Bonchev–Trinajstić information content (AvgIpc) is 2.77. The van der Waals surface area contributed by atoms with Gasteiger partial charge in [0.05, 0.1) is 12.7 Å². The zero-order chi connectivity index (χ0) is 21.3. The Kier molecular flexibility index (Phi) is 7.85. The maximum absolute atomic E-state index is 12.8. The van der Waals surface area contributed by atoms with Crippen molar-refractivity contribution in [3.63, 3.8) is 0 Å². The number of amides is 3. The highest BCUT2D eigenvalue weighted by atomic mass is 16.5. The molecule has 0 unspecified atom stereocenters. The lowest BCUT2D eigenvalue weighted by molar-refractivity contribution is -0.00232. The van der Waals surface area contributed by atoms with Crippen LogP contribution < -0.4 is 15.5 Å². The van der Waals surface area contributed by atoms with E-state index in [-0.39, 0.29) is 11.9 Å². The predicted octanol–water partition coefficient (Wildman–Crippen LogP) is 4.68. The van der Waals surface area contributed by atoms with Gasteiger partial charge in [-0.25, -0.2) is 4.79 Å². The van der Waals surface area contributed by atoms with Crippen LogP contribution in [0.3, 0.4) is 0 Å². The number of para-hydroxylation sites is 1. The number of benzene rings is 2. The minimum Gasteiger partial charge on any atom is -0.376 e. The summed E-state index contributed by atoms with van der Waals surface area (Å²) in [6.07, 6.45) is 5.12. The summed E-state index contributed by atoms with van der Waals surface area (Å²) in [4.78, 5) is 26.5. The summed E-state index contributed by atoms with van der Waals surface area (Å²) in [5, 5.41) is 5.60. The highest BCUT2D eigenvalue weighted by Gasteiger charge is 2.21. The minimum atomic E-state index is -0.309. The van der Waals surface area contributed by atoms with Crippen molar-refractivity contribution in [2.24, 2.45) is 5.92 Å². The van der Waals surface area contributed by atoms with Crippen molar-refractivity contribution in [3.8, 4) is 0 Å². The number of rotatable bonds is 7. The Morgan fingerprint density at radius 1 is 1.07 bits per heavy atom. The Morgan fingerprint density at radius 2 is 1.83 bits per heavy atom. The first-order valence-corrected chi connectivity index (χ1v) is 10.6. The Bertz CT molecular complexity index is 841. The second-order valence-corrected chi connectivity index (χ2v) is 7.83. The van der Waals surface area contributed by atoms with Gasteiger partial charge in [-0.2, -0.15) is 0 Å². The molecule has 6 heteroatoms. The lowest BCUT2D eigenvalue weighted by Gasteiger charge is -2.28. The summed E-state index contributed by atoms with van der Waals surface area (Å²) in [5.74, 6) is 0.446. The van der Waals surface area contributed by atoms with Gasteiger partial charge >= 0.3 is 6.03 Å². The fourth-order valence-corrected chi connectivity index (χ4v) is 3.77. The molecule has 2 aromatic rings. The van der Waals surface area contributed by atoms with E-state index in [1.54, 1.807) is 36.2 Å². The molecule has 2 N–H and O–H groups in total. The Balaban J connectivity index is 1.47. The molecular formula is C24H31N3O3. The second-order valence-electron chi connectivity index (χ2n) is 7.83. The zero-order valence-electron chi connectivity index (χ0n) is 17.8. The SMILES string of the molecule is C[C@H]1CCCC[C@@H]1OCCNC(=O)Nc1cccc(C(=O)N(C)c2ccccc2)c1. The van der Waals surface area contributed by atoms with Gasteiger partial charge in [-0.05, 0) is 49.1 Å². The van der Waals surface area contributed by atoms with Crippen LogP contribution in [0.25, 0.3) is 0 Å². The smallest absolute Gasteiger partial charge is 0.319 e. The van der Waals surface area contributed by atoms with Gasteiger partial charge in [0.15, 0.2) is 0 Å². The van der Waals surface area contributed by atoms with Crippen molar-refractivity contribution < 1.29 is 14.3 Å². The normalized spacial score (nSPS) is 18.5. The largest absolute Gasteiger partial charge is 0.376 e. The molecule has 0 aliphatic heterocycles. The third-order valence-corrected chi connectivity index (χ3v) is 5.57. The molecule has 160 valence electrons. The first-order chi connectivity index (χ1) is 14.5. The van der Waals surface area contributed by atoms with Gasteiger partial charge in [0.1, 0.15) is 0 Å². The van der Waals surface area contributed by atoms with Crippen LogP contribution in [0.15, 0.2) is 54.6 Å². The standard InChI is InChI=1S/C24H31N3O3/c1-18-9-6-7-14-22(18)30-16-15-25-24(29)26-20-11-8-10-19(17-20)23(28)27(2)21-12-4-3-5-13-21/h3-5,8,10-13,17-18,22H,6-7,9,14-16H2,1-2H3,(H2,25,26,29)/t18-,22-/m0/s1. The predicted molar refractivity (Wildman–Crippen MR) is 120 cm³/mol. The van der Waals surface area contributed by atoms with Crippen molar-refractivity contribution in [1.29, 1.82) is 0 Å². The van der Waals surface area contributed by atoms with Crippen LogP contribution >= 0.6 is 0 Å². The molecular weight excluding hydrogens is 378 g/mol. The number of hydrogen-bond acceptors (Lipinski definition) is 3. The number of carbonyl (C=O) groups is 2. The average molecular weight is 410 g/mol. The molecule has 0 aromatic heterocycles. The summed E-state index contributed by atoms with van der Waals surface area (Å²) in [7, 11) is 1.73. The fraction of sp³-hybridized carbons (Fsp3) is 0.417. The lowest BCUT2D eigenvalue weighted by atomic mass is 9.88. The van der Waals surface area contributed by atoms with Gasteiger partial charge < -0.3 is 20.3 Å². The minimum absolute atomic E-state index is 0.139. The molecule has 1 aliphatic rings. The zero-order valence-corrected chi connectivity index (χ0v) is 17.8. The van der Waals surface area contributed by atoms with Gasteiger partial charge in [0, 0.05) is 30.5 Å². The molecule has 2 aromatic carbocycles. The van der Waals surface area contributed by atoms with E-state index in [4.69, 9.17) is 4.74 Å². The topological polar surface area (TPSA) is 70.7 Å². The number of hydrogen-bond donors (Lipinski definition) is 2. The molecule has 6 nitrogen and oxygen atoms in total. The van der Waals surface area contributed by atoms with Crippen molar-refractivity contribution in [3.05, 3.63) is 60.2 Å². The van der Waals surface area contributed by atoms with E-state index in [1.807, 2.05) is 30.3 Å². The van der Waals surface area contributed by atoms with E-state index in [2.05, 4.69) is 17.6 Å². The number of nitrogens with zero attached hydrogens (tertiary/aromatic N) is 1. The van der Waals surface area contributed by atoms with E-state index < -0.39 is 0 Å². The van der Waals surface area contributed by atoms with E-state index in [1.165, 1.54) is 19.3 Å². The van der Waals surface area contributed by atoms with Gasteiger partial charge in [-0.3, -0.25) is 4.79 Å². The van der Waals surface area contributed by atoms with Gasteiger partial charge in [-0.15, -0.1) is 0 Å². The van der Waals surface area contributed by atoms with Gasteiger partial charge in [-0.1, -0.05) is 44.0 Å². The molecule has 0 spiro atoms. The molecule has 1 aliphatic carbocycles. The molecule has 2 atom stereocenters. The Hall–Kier alpha value is -2.86. The Morgan fingerprint density at radius 3 is 2.60 bits per heavy atom.